The second kappa shape index (κ2) is 4.48. The molecule has 0 atom stereocenters. The van der Waals surface area contributed by atoms with Crippen LogP contribution in [0, 0.1) is 5.92 Å². The number of aliphatic carboxylic acids is 1. The SMILES string of the molecule is O=C(O)Cc1cn(CC2CCC2)c2ccccc12. The third-order valence-electron chi connectivity index (χ3n) is 3.89. The highest BCUT2D eigenvalue weighted by atomic mass is 16.4. The number of carboxylic acids is 1. The maximum Gasteiger partial charge on any atom is 0.307 e. The first-order valence-corrected chi connectivity index (χ1v) is 6.52. The number of hydrogen-bond donors (Lipinski definition) is 1. The first-order valence-electron chi connectivity index (χ1n) is 6.52. The van der Waals surface area contributed by atoms with Gasteiger partial charge in [-0.25, -0.2) is 0 Å². The number of rotatable bonds is 4. The quantitative estimate of drug-likeness (QED) is 0.896. The van der Waals surface area contributed by atoms with E-state index < -0.39 is 5.97 Å². The molecule has 0 amide bonds. The van der Waals surface area contributed by atoms with Gasteiger partial charge in [-0.3, -0.25) is 4.79 Å². The maximum atomic E-state index is 10.9. The molecule has 0 bridgehead atoms. The van der Waals surface area contributed by atoms with E-state index in [2.05, 4.69) is 10.6 Å². The van der Waals surface area contributed by atoms with Gasteiger partial charge in [0.1, 0.15) is 0 Å². The fourth-order valence-electron chi connectivity index (χ4n) is 2.73. The van der Waals surface area contributed by atoms with E-state index in [9.17, 15) is 4.79 Å². The van der Waals surface area contributed by atoms with Crippen molar-refractivity contribution in [1.82, 2.24) is 4.57 Å². The first-order chi connectivity index (χ1) is 8.74. The molecule has 3 rings (SSSR count). The Balaban J connectivity index is 1.99. The molecule has 0 unspecified atom stereocenters. The zero-order valence-corrected chi connectivity index (χ0v) is 10.3. The number of nitrogens with zero attached hydrogens (tertiary/aromatic N) is 1. The van der Waals surface area contributed by atoms with Crippen LogP contribution in [0.25, 0.3) is 10.9 Å². The number of para-hydroxylation sites is 1. The van der Waals surface area contributed by atoms with Crippen molar-refractivity contribution in [3.63, 3.8) is 0 Å². The van der Waals surface area contributed by atoms with Gasteiger partial charge in [0.15, 0.2) is 0 Å². The molecule has 0 radical (unpaired) electrons. The molecular formula is C15H17NO2. The minimum absolute atomic E-state index is 0.109. The van der Waals surface area contributed by atoms with Gasteiger partial charge < -0.3 is 9.67 Å². The van der Waals surface area contributed by atoms with Gasteiger partial charge in [0.25, 0.3) is 0 Å². The van der Waals surface area contributed by atoms with Gasteiger partial charge in [-0.1, -0.05) is 24.6 Å². The van der Waals surface area contributed by atoms with E-state index >= 15 is 0 Å². The number of carboxylic acid groups (broad SMARTS) is 1. The summed E-state index contributed by atoms with van der Waals surface area (Å²) in [5.41, 5.74) is 2.10. The van der Waals surface area contributed by atoms with E-state index in [0.29, 0.717) is 0 Å². The van der Waals surface area contributed by atoms with Crippen molar-refractivity contribution in [3.8, 4) is 0 Å². The van der Waals surface area contributed by atoms with E-state index in [4.69, 9.17) is 5.11 Å². The van der Waals surface area contributed by atoms with Crippen molar-refractivity contribution >= 4 is 16.9 Å². The average Bonchev–Trinajstić information content (AvgIpc) is 2.62. The van der Waals surface area contributed by atoms with Crippen LogP contribution in [0.4, 0.5) is 0 Å². The molecule has 1 aromatic carbocycles. The van der Waals surface area contributed by atoms with Gasteiger partial charge in [-0.15, -0.1) is 0 Å². The van der Waals surface area contributed by atoms with Crippen LogP contribution in [0.2, 0.25) is 0 Å². The molecule has 0 saturated heterocycles. The van der Waals surface area contributed by atoms with Crippen LogP contribution in [0.3, 0.4) is 0 Å². The largest absolute Gasteiger partial charge is 0.481 e. The summed E-state index contributed by atoms with van der Waals surface area (Å²) < 4.78 is 2.23. The Morgan fingerprint density at radius 1 is 1.33 bits per heavy atom. The lowest BCUT2D eigenvalue weighted by Gasteiger charge is -2.26. The molecule has 1 N–H and O–H groups in total. The lowest BCUT2D eigenvalue weighted by Crippen LogP contribution is -2.17. The molecule has 2 aromatic rings. The highest BCUT2D eigenvalue weighted by Crippen LogP contribution is 2.30. The number of aromatic nitrogens is 1. The predicted octanol–water partition coefficient (Wildman–Crippen LogP) is 3.07. The summed E-state index contributed by atoms with van der Waals surface area (Å²) in [5.74, 6) is 0.0139. The molecule has 94 valence electrons. The monoisotopic (exact) mass is 243 g/mol. The third kappa shape index (κ3) is 2.01. The molecule has 18 heavy (non-hydrogen) atoms. The van der Waals surface area contributed by atoms with Gasteiger partial charge in [0, 0.05) is 23.6 Å². The van der Waals surface area contributed by atoms with Crippen LogP contribution in [0.1, 0.15) is 24.8 Å². The van der Waals surface area contributed by atoms with Crippen LogP contribution in [-0.4, -0.2) is 15.6 Å². The Morgan fingerprint density at radius 3 is 2.78 bits per heavy atom. The molecule has 1 saturated carbocycles. The Morgan fingerprint density at radius 2 is 2.11 bits per heavy atom. The zero-order valence-electron chi connectivity index (χ0n) is 10.3. The first kappa shape index (κ1) is 11.3. The van der Waals surface area contributed by atoms with Gasteiger partial charge in [-0.2, -0.15) is 0 Å². The van der Waals surface area contributed by atoms with Crippen molar-refractivity contribution in [2.45, 2.75) is 32.2 Å². The van der Waals surface area contributed by atoms with Crippen molar-refractivity contribution in [3.05, 3.63) is 36.0 Å². The van der Waals surface area contributed by atoms with Crippen molar-refractivity contribution in [2.75, 3.05) is 0 Å². The third-order valence-corrected chi connectivity index (χ3v) is 3.89. The highest BCUT2D eigenvalue weighted by Gasteiger charge is 2.19. The van der Waals surface area contributed by atoms with E-state index in [1.807, 2.05) is 24.4 Å². The number of hydrogen-bond acceptors (Lipinski definition) is 1. The molecular weight excluding hydrogens is 226 g/mol. The Hall–Kier alpha value is -1.77. The average molecular weight is 243 g/mol. The van der Waals surface area contributed by atoms with Gasteiger partial charge in [0.2, 0.25) is 0 Å². The smallest absolute Gasteiger partial charge is 0.307 e. The van der Waals surface area contributed by atoms with Crippen LogP contribution < -0.4 is 0 Å². The maximum absolute atomic E-state index is 10.9. The van der Waals surface area contributed by atoms with Crippen molar-refractivity contribution in [1.29, 1.82) is 0 Å². The molecule has 3 nitrogen and oxygen atoms in total. The molecule has 1 aromatic heterocycles. The molecule has 0 aliphatic heterocycles. The predicted molar refractivity (Wildman–Crippen MR) is 70.6 cm³/mol. The Labute approximate surface area is 106 Å². The minimum Gasteiger partial charge on any atom is -0.481 e. The van der Waals surface area contributed by atoms with Crippen LogP contribution in [0.5, 0.6) is 0 Å². The summed E-state index contributed by atoms with van der Waals surface area (Å²) in [7, 11) is 0. The normalized spacial score (nSPS) is 15.8. The molecule has 3 heteroatoms. The summed E-state index contributed by atoms with van der Waals surface area (Å²) in [6.45, 7) is 1.03. The van der Waals surface area contributed by atoms with E-state index in [1.165, 1.54) is 24.8 Å². The fourth-order valence-corrected chi connectivity index (χ4v) is 2.73. The minimum atomic E-state index is -0.762. The molecule has 0 spiro atoms. The van der Waals surface area contributed by atoms with E-state index in [-0.39, 0.29) is 6.42 Å². The topological polar surface area (TPSA) is 42.2 Å². The van der Waals surface area contributed by atoms with Crippen LogP contribution in [0.15, 0.2) is 30.5 Å². The zero-order chi connectivity index (χ0) is 12.5. The summed E-state index contributed by atoms with van der Waals surface area (Å²) >= 11 is 0. The summed E-state index contributed by atoms with van der Waals surface area (Å²) in [6, 6.07) is 8.09. The van der Waals surface area contributed by atoms with E-state index in [1.54, 1.807) is 0 Å². The van der Waals surface area contributed by atoms with Gasteiger partial charge >= 0.3 is 5.97 Å². The van der Waals surface area contributed by atoms with E-state index in [0.717, 1.165) is 23.4 Å². The highest BCUT2D eigenvalue weighted by molar-refractivity contribution is 5.87. The standard InChI is InChI=1S/C15H17NO2/c17-15(18)8-12-10-16(9-11-4-3-5-11)14-7-2-1-6-13(12)14/h1-2,6-7,10-11H,3-5,8-9H2,(H,17,18). The number of fused-ring (bicyclic) bond motifs is 1. The van der Waals surface area contributed by atoms with Crippen LogP contribution in [-0.2, 0) is 17.8 Å². The van der Waals surface area contributed by atoms with Crippen molar-refractivity contribution in [2.24, 2.45) is 5.92 Å². The van der Waals surface area contributed by atoms with Gasteiger partial charge in [-0.05, 0) is 30.4 Å². The van der Waals surface area contributed by atoms with Gasteiger partial charge in [0.05, 0.1) is 6.42 Å². The molecule has 1 heterocycles. The lowest BCUT2D eigenvalue weighted by molar-refractivity contribution is -0.136. The molecule has 1 fully saturated rings. The second-order valence-corrected chi connectivity index (χ2v) is 5.19. The number of carbonyl (C=O) groups is 1. The number of benzene rings is 1. The Bertz CT molecular complexity index is 581. The van der Waals surface area contributed by atoms with Crippen molar-refractivity contribution < 1.29 is 9.90 Å². The fraction of sp³-hybridized carbons (Fsp3) is 0.400. The molecule has 1 aliphatic rings. The summed E-state index contributed by atoms with van der Waals surface area (Å²) in [4.78, 5) is 10.9. The second-order valence-electron chi connectivity index (χ2n) is 5.19. The van der Waals surface area contributed by atoms with Crippen LogP contribution >= 0.6 is 0 Å². The molecule has 1 aliphatic carbocycles. The Kier molecular flexibility index (Phi) is 2.82. The summed E-state index contributed by atoms with van der Waals surface area (Å²) in [6.07, 6.45) is 6.09. The lowest BCUT2D eigenvalue weighted by atomic mass is 9.85. The summed E-state index contributed by atoms with van der Waals surface area (Å²) in [5, 5.41) is 10.0.